The first-order chi connectivity index (χ1) is 15.9. The fourth-order valence-corrected chi connectivity index (χ4v) is 3.18. The number of hydrogen-bond acceptors (Lipinski definition) is 7. The van der Waals surface area contributed by atoms with Gasteiger partial charge in [-0.05, 0) is 29.8 Å². The average molecular weight is 452 g/mol. The Morgan fingerprint density at radius 2 is 1.94 bits per heavy atom. The molecule has 4 rings (SSSR count). The molecule has 0 aliphatic heterocycles. The summed E-state index contributed by atoms with van der Waals surface area (Å²) in [6, 6.07) is 14.7. The monoisotopic (exact) mass is 452 g/mol. The molecular weight excluding hydrogens is 431 g/mol. The topological polar surface area (TPSA) is 127 Å². The summed E-state index contributed by atoms with van der Waals surface area (Å²) >= 11 is 0. The number of imidazole rings is 1. The minimum Gasteiger partial charge on any atom is -0.491 e. The normalized spacial score (nSPS) is 12.3. The lowest BCUT2D eigenvalue weighted by molar-refractivity contribution is 0.0938. The molecule has 1 unspecified atom stereocenters. The van der Waals surface area contributed by atoms with Crippen LogP contribution in [0.3, 0.4) is 0 Å². The lowest BCUT2D eigenvalue weighted by Gasteiger charge is -2.15. The van der Waals surface area contributed by atoms with Gasteiger partial charge in [-0.2, -0.15) is 10.1 Å². The molecule has 0 aliphatic rings. The summed E-state index contributed by atoms with van der Waals surface area (Å²) in [7, 11) is 1.47. The third-order valence-corrected chi connectivity index (χ3v) is 4.83. The number of H-pyrrole nitrogens is 1. The molecule has 2 aromatic carbocycles. The van der Waals surface area contributed by atoms with Crippen molar-refractivity contribution in [3.05, 3.63) is 86.8 Å². The van der Waals surface area contributed by atoms with E-state index >= 15 is 0 Å². The van der Waals surface area contributed by atoms with Gasteiger partial charge in [0.05, 0.1) is 12.8 Å². The second-order valence-corrected chi connectivity index (χ2v) is 7.24. The van der Waals surface area contributed by atoms with E-state index in [0.29, 0.717) is 11.3 Å². The summed E-state index contributed by atoms with van der Waals surface area (Å²) in [5, 5.41) is 14.6. The van der Waals surface area contributed by atoms with Gasteiger partial charge in [0.1, 0.15) is 24.3 Å². The Labute approximate surface area is 186 Å². The summed E-state index contributed by atoms with van der Waals surface area (Å²) in [6.45, 7) is -0.0926. The van der Waals surface area contributed by atoms with Gasteiger partial charge < -0.3 is 14.4 Å². The second kappa shape index (κ2) is 9.49. The summed E-state index contributed by atoms with van der Waals surface area (Å²) < 4.78 is 21.3. The number of benzene rings is 2. The van der Waals surface area contributed by atoms with Crippen LogP contribution in [0, 0.1) is 5.82 Å². The van der Waals surface area contributed by atoms with Crippen molar-refractivity contribution in [2.24, 2.45) is 12.1 Å². The molecule has 0 aliphatic carbocycles. The van der Waals surface area contributed by atoms with Gasteiger partial charge in [-0.3, -0.25) is 14.3 Å². The van der Waals surface area contributed by atoms with Crippen LogP contribution < -0.4 is 21.4 Å². The highest BCUT2D eigenvalue weighted by Gasteiger charge is 2.19. The SMILES string of the molecule is Cn1c(=O)[nH]c(=O)c2c1nc(NN=Cc1ccc(F)cc1)n2CC(O)COc1ccccc1. The Kier molecular flexibility index (Phi) is 6.31. The first-order valence-corrected chi connectivity index (χ1v) is 10.0. The molecule has 2 aromatic heterocycles. The number of aliphatic hydroxyl groups excluding tert-OH is 1. The number of nitrogens with one attached hydrogen (secondary N) is 2. The smallest absolute Gasteiger partial charge is 0.329 e. The van der Waals surface area contributed by atoms with Crippen LogP contribution in [0.4, 0.5) is 10.3 Å². The first-order valence-electron chi connectivity index (χ1n) is 10.0. The van der Waals surface area contributed by atoms with Crippen LogP contribution in [0.25, 0.3) is 11.2 Å². The highest BCUT2D eigenvalue weighted by Crippen LogP contribution is 2.17. The third kappa shape index (κ3) is 4.99. The van der Waals surface area contributed by atoms with E-state index in [0.717, 1.165) is 0 Å². The highest BCUT2D eigenvalue weighted by molar-refractivity contribution is 5.80. The van der Waals surface area contributed by atoms with Gasteiger partial charge in [-0.1, -0.05) is 30.3 Å². The minimum absolute atomic E-state index is 0.0361. The van der Waals surface area contributed by atoms with E-state index in [1.54, 1.807) is 24.3 Å². The van der Waals surface area contributed by atoms with Crippen molar-refractivity contribution in [2.75, 3.05) is 12.0 Å². The molecule has 0 radical (unpaired) electrons. The molecule has 0 fully saturated rings. The number of hydrogen-bond donors (Lipinski definition) is 3. The lowest BCUT2D eigenvalue weighted by Crippen LogP contribution is -2.30. The zero-order chi connectivity index (χ0) is 23.4. The number of aryl methyl sites for hydroxylation is 1. The van der Waals surface area contributed by atoms with Crippen molar-refractivity contribution < 1.29 is 14.2 Å². The van der Waals surface area contributed by atoms with Crippen LogP contribution in [0.2, 0.25) is 0 Å². The summed E-state index contributed by atoms with van der Waals surface area (Å²) in [5.41, 5.74) is 2.31. The average Bonchev–Trinajstić information content (AvgIpc) is 3.17. The molecule has 4 aromatic rings. The number of halogens is 1. The van der Waals surface area contributed by atoms with Crippen LogP contribution in [-0.4, -0.2) is 43.1 Å². The molecule has 10 nitrogen and oxygen atoms in total. The number of aliphatic hydroxyl groups is 1. The highest BCUT2D eigenvalue weighted by atomic mass is 19.1. The summed E-state index contributed by atoms with van der Waals surface area (Å²) in [4.78, 5) is 31.1. The fourth-order valence-electron chi connectivity index (χ4n) is 3.18. The number of aromatic amines is 1. The van der Waals surface area contributed by atoms with Gasteiger partial charge in [0.2, 0.25) is 5.95 Å². The van der Waals surface area contributed by atoms with Crippen LogP contribution in [0.15, 0.2) is 69.3 Å². The molecule has 170 valence electrons. The molecular formula is C22H21FN6O4. The number of ether oxygens (including phenoxy) is 1. The predicted molar refractivity (Wildman–Crippen MR) is 121 cm³/mol. The van der Waals surface area contributed by atoms with E-state index in [4.69, 9.17) is 4.74 Å². The van der Waals surface area contributed by atoms with Gasteiger partial charge in [-0.25, -0.2) is 14.6 Å². The maximum absolute atomic E-state index is 13.1. The molecule has 0 saturated heterocycles. The van der Waals surface area contributed by atoms with Crippen molar-refractivity contribution in [3.63, 3.8) is 0 Å². The van der Waals surface area contributed by atoms with E-state index in [2.05, 4.69) is 20.5 Å². The molecule has 1 atom stereocenters. The number of fused-ring (bicyclic) bond motifs is 1. The van der Waals surface area contributed by atoms with E-state index in [1.807, 2.05) is 18.2 Å². The summed E-state index contributed by atoms with van der Waals surface area (Å²) in [5.74, 6) is 0.358. The molecule has 2 heterocycles. The number of aromatic nitrogens is 4. The Morgan fingerprint density at radius 1 is 1.21 bits per heavy atom. The maximum Gasteiger partial charge on any atom is 0.329 e. The second-order valence-electron chi connectivity index (χ2n) is 7.24. The zero-order valence-electron chi connectivity index (χ0n) is 17.6. The molecule has 0 amide bonds. The Morgan fingerprint density at radius 3 is 2.67 bits per heavy atom. The Hall–Kier alpha value is -4.25. The minimum atomic E-state index is -0.999. The predicted octanol–water partition coefficient (Wildman–Crippen LogP) is 1.45. The van der Waals surface area contributed by atoms with Gasteiger partial charge in [0, 0.05) is 7.05 Å². The van der Waals surface area contributed by atoms with Gasteiger partial charge in [-0.15, -0.1) is 0 Å². The van der Waals surface area contributed by atoms with Crippen molar-refractivity contribution in [2.45, 2.75) is 12.6 Å². The van der Waals surface area contributed by atoms with Crippen molar-refractivity contribution in [1.29, 1.82) is 0 Å². The van der Waals surface area contributed by atoms with Gasteiger partial charge in [0.15, 0.2) is 11.2 Å². The molecule has 11 heteroatoms. The van der Waals surface area contributed by atoms with Gasteiger partial charge >= 0.3 is 5.69 Å². The van der Waals surface area contributed by atoms with E-state index in [9.17, 15) is 19.1 Å². The number of para-hydroxylation sites is 1. The summed E-state index contributed by atoms with van der Waals surface area (Å²) in [6.07, 6.45) is 0.447. The lowest BCUT2D eigenvalue weighted by atomic mass is 10.2. The first kappa shape index (κ1) is 22.0. The van der Waals surface area contributed by atoms with Crippen LogP contribution in [-0.2, 0) is 13.6 Å². The fraction of sp³-hybridized carbons (Fsp3) is 0.182. The Balaban J connectivity index is 1.62. The molecule has 3 N–H and O–H groups in total. The van der Waals surface area contributed by atoms with Crippen molar-refractivity contribution >= 4 is 23.3 Å². The molecule has 0 bridgehead atoms. The number of anilines is 1. The molecule has 33 heavy (non-hydrogen) atoms. The van der Waals surface area contributed by atoms with Crippen LogP contribution in [0.1, 0.15) is 5.56 Å². The third-order valence-electron chi connectivity index (χ3n) is 4.83. The van der Waals surface area contributed by atoms with Crippen LogP contribution >= 0.6 is 0 Å². The number of nitrogens with zero attached hydrogens (tertiary/aromatic N) is 4. The van der Waals surface area contributed by atoms with E-state index < -0.39 is 17.4 Å². The van der Waals surface area contributed by atoms with Crippen molar-refractivity contribution in [3.8, 4) is 5.75 Å². The van der Waals surface area contributed by atoms with E-state index in [1.165, 1.54) is 34.5 Å². The quantitative estimate of drug-likeness (QED) is 0.274. The molecule has 0 saturated carbocycles. The molecule has 0 spiro atoms. The largest absolute Gasteiger partial charge is 0.491 e. The zero-order valence-corrected chi connectivity index (χ0v) is 17.6. The standard InChI is InChI=1S/C22H21FN6O4/c1-28-19-18(20(31)26-22(28)32)29(12-16(30)13-33-17-5-3-2-4-6-17)21(25-19)27-24-11-14-7-9-15(23)10-8-14/h2-11,16,30H,12-13H2,1H3,(H,25,27)(H,26,31,32). The van der Waals surface area contributed by atoms with Gasteiger partial charge in [0.25, 0.3) is 5.56 Å². The number of hydrazone groups is 1. The van der Waals surface area contributed by atoms with E-state index in [-0.39, 0.29) is 36.1 Å². The number of rotatable bonds is 8. The van der Waals surface area contributed by atoms with Crippen LogP contribution in [0.5, 0.6) is 5.75 Å². The Bertz CT molecular complexity index is 1390. The maximum atomic E-state index is 13.1. The van der Waals surface area contributed by atoms with Crippen molar-refractivity contribution in [1.82, 2.24) is 19.1 Å².